The second kappa shape index (κ2) is 12.6. The van der Waals surface area contributed by atoms with Gasteiger partial charge in [-0.1, -0.05) is 17.3 Å². The zero-order chi connectivity index (χ0) is 27.1. The molecule has 2 bridgehead atoms. The average Bonchev–Trinajstić information content (AvgIpc) is 3.36. The number of rotatable bonds is 1. The first-order valence-corrected chi connectivity index (χ1v) is 13.7. The molecule has 1 atom stereocenters. The topological polar surface area (TPSA) is 110 Å². The van der Waals surface area contributed by atoms with Gasteiger partial charge in [0.25, 0.3) is 0 Å². The third kappa shape index (κ3) is 7.69. The zero-order valence-electron chi connectivity index (χ0n) is 23.1. The van der Waals surface area contributed by atoms with Gasteiger partial charge in [-0.3, -0.25) is 4.79 Å². The van der Waals surface area contributed by atoms with E-state index in [9.17, 15) is 9.59 Å². The lowest BCUT2D eigenvalue weighted by atomic mass is 9.83. The SMILES string of the molecule is CN1CC(C2CCN(C(=O)OC(C)(C)C)CC2)CNCCCOc2ccccc2-c2noc(n2)CCC1=O. The number of carbonyl (C=O) groups excluding carboxylic acids is 2. The van der Waals surface area contributed by atoms with Crippen LogP contribution >= 0.6 is 0 Å². The molecule has 10 heteroatoms. The van der Waals surface area contributed by atoms with Crippen LogP contribution < -0.4 is 10.1 Å². The van der Waals surface area contributed by atoms with Gasteiger partial charge in [-0.2, -0.15) is 4.98 Å². The van der Waals surface area contributed by atoms with Gasteiger partial charge in [-0.15, -0.1) is 0 Å². The van der Waals surface area contributed by atoms with Crippen LogP contribution in [-0.2, 0) is 16.0 Å². The molecule has 3 heterocycles. The molecule has 0 saturated carbocycles. The molecule has 0 aliphatic carbocycles. The normalized spacial score (nSPS) is 20.8. The molecule has 38 heavy (non-hydrogen) atoms. The van der Waals surface area contributed by atoms with Crippen molar-refractivity contribution < 1.29 is 23.6 Å². The number of fused-ring (bicyclic) bond motifs is 4. The summed E-state index contributed by atoms with van der Waals surface area (Å²) >= 11 is 0. The number of nitrogens with one attached hydrogen (secondary N) is 1. The molecule has 2 aliphatic rings. The molecule has 10 nitrogen and oxygen atoms in total. The van der Waals surface area contributed by atoms with Crippen LogP contribution in [0.4, 0.5) is 4.79 Å². The van der Waals surface area contributed by atoms with E-state index in [-0.39, 0.29) is 17.9 Å². The van der Waals surface area contributed by atoms with Crippen molar-refractivity contribution in [1.29, 1.82) is 0 Å². The summed E-state index contributed by atoms with van der Waals surface area (Å²) < 4.78 is 17.0. The molecule has 0 radical (unpaired) electrons. The van der Waals surface area contributed by atoms with Crippen molar-refractivity contribution in [2.75, 3.05) is 46.4 Å². The van der Waals surface area contributed by atoms with Crippen LogP contribution in [0.15, 0.2) is 28.8 Å². The lowest BCUT2D eigenvalue weighted by Gasteiger charge is -2.38. The first kappa shape index (κ1) is 27.9. The Kier molecular flexibility index (Phi) is 9.25. The summed E-state index contributed by atoms with van der Waals surface area (Å²) in [7, 11) is 1.86. The van der Waals surface area contributed by atoms with Gasteiger partial charge in [0.2, 0.25) is 17.6 Å². The van der Waals surface area contributed by atoms with Gasteiger partial charge in [-0.05, 0) is 77.1 Å². The molecule has 0 spiro atoms. The van der Waals surface area contributed by atoms with Crippen LogP contribution in [0.25, 0.3) is 11.4 Å². The fourth-order valence-corrected chi connectivity index (χ4v) is 5.03. The van der Waals surface area contributed by atoms with Crippen LogP contribution in [0, 0.1) is 11.8 Å². The van der Waals surface area contributed by atoms with Gasteiger partial charge in [-0.25, -0.2) is 4.79 Å². The van der Waals surface area contributed by atoms with Gasteiger partial charge in [0, 0.05) is 39.5 Å². The van der Waals surface area contributed by atoms with Crippen molar-refractivity contribution in [1.82, 2.24) is 25.3 Å². The number of likely N-dealkylation sites (tertiary alicyclic amines) is 1. The highest BCUT2D eigenvalue weighted by molar-refractivity contribution is 5.76. The maximum atomic E-state index is 13.0. The molecule has 1 aromatic carbocycles. The number of para-hydroxylation sites is 1. The highest BCUT2D eigenvalue weighted by atomic mass is 16.6. The quantitative estimate of drug-likeness (QED) is 0.597. The van der Waals surface area contributed by atoms with Crippen LogP contribution in [0.2, 0.25) is 0 Å². The third-order valence-corrected chi connectivity index (χ3v) is 7.10. The lowest BCUT2D eigenvalue weighted by Crippen LogP contribution is -2.46. The fraction of sp³-hybridized carbons (Fsp3) is 0.643. The Bertz CT molecular complexity index is 1070. The van der Waals surface area contributed by atoms with E-state index in [1.807, 2.05) is 57.0 Å². The summed E-state index contributed by atoms with van der Waals surface area (Å²) in [6.07, 6.45) is 3.05. The Morgan fingerprint density at radius 2 is 1.89 bits per heavy atom. The number of ether oxygens (including phenoxy) is 2. The summed E-state index contributed by atoms with van der Waals surface area (Å²) in [4.78, 5) is 33.6. The van der Waals surface area contributed by atoms with Crippen molar-refractivity contribution in [2.45, 2.75) is 58.5 Å². The number of hydrogen-bond acceptors (Lipinski definition) is 8. The molecule has 2 amide bonds. The smallest absolute Gasteiger partial charge is 0.410 e. The average molecular weight is 528 g/mol. The maximum Gasteiger partial charge on any atom is 0.410 e. The second-order valence-corrected chi connectivity index (χ2v) is 11.3. The summed E-state index contributed by atoms with van der Waals surface area (Å²) in [5.74, 6) is 2.35. The molecule has 1 saturated heterocycles. The fourth-order valence-electron chi connectivity index (χ4n) is 5.03. The van der Waals surface area contributed by atoms with E-state index >= 15 is 0 Å². The number of aromatic nitrogens is 2. The van der Waals surface area contributed by atoms with Gasteiger partial charge >= 0.3 is 6.09 Å². The van der Waals surface area contributed by atoms with Crippen LogP contribution in [0.1, 0.15) is 52.3 Å². The maximum absolute atomic E-state index is 13.0. The van der Waals surface area contributed by atoms with Crippen molar-refractivity contribution in [3.63, 3.8) is 0 Å². The van der Waals surface area contributed by atoms with Crippen molar-refractivity contribution in [3.05, 3.63) is 30.2 Å². The van der Waals surface area contributed by atoms with E-state index in [1.54, 1.807) is 4.90 Å². The van der Waals surface area contributed by atoms with Crippen molar-refractivity contribution in [3.8, 4) is 17.1 Å². The lowest BCUT2D eigenvalue weighted by molar-refractivity contribution is -0.130. The highest BCUT2D eigenvalue weighted by Gasteiger charge is 2.31. The molecule has 1 aromatic heterocycles. The summed E-state index contributed by atoms with van der Waals surface area (Å²) in [6, 6.07) is 7.66. The number of carbonyl (C=O) groups is 2. The number of amides is 2. The number of piperidine rings is 1. The summed E-state index contributed by atoms with van der Waals surface area (Å²) in [5.41, 5.74) is 0.276. The largest absolute Gasteiger partial charge is 0.493 e. The third-order valence-electron chi connectivity index (χ3n) is 7.10. The predicted octanol–water partition coefficient (Wildman–Crippen LogP) is 3.76. The van der Waals surface area contributed by atoms with Crippen LogP contribution in [0.5, 0.6) is 5.75 Å². The van der Waals surface area contributed by atoms with E-state index in [0.717, 1.165) is 43.7 Å². The Labute approximate surface area is 225 Å². The molecule has 1 N–H and O–H groups in total. The second-order valence-electron chi connectivity index (χ2n) is 11.3. The Morgan fingerprint density at radius 3 is 2.66 bits per heavy atom. The van der Waals surface area contributed by atoms with E-state index in [4.69, 9.17) is 14.0 Å². The van der Waals surface area contributed by atoms with Gasteiger partial charge in [0.15, 0.2) is 0 Å². The standard InChI is InChI=1S/C28H41N5O5/c1-28(2,3)37-27(35)33-15-12-20(13-16-33)21-18-29-14-7-17-36-23-9-6-5-8-22(23)26-30-24(38-31-26)10-11-25(34)32(4)19-21/h5-6,8-9,20-21,29H,7,10-19H2,1-4H3. The van der Waals surface area contributed by atoms with Gasteiger partial charge in [0.05, 0.1) is 12.2 Å². The first-order valence-electron chi connectivity index (χ1n) is 13.7. The van der Waals surface area contributed by atoms with Gasteiger partial charge in [0.1, 0.15) is 11.4 Å². The van der Waals surface area contributed by atoms with Gasteiger partial charge < -0.3 is 29.1 Å². The number of hydrogen-bond donors (Lipinski definition) is 1. The number of aryl methyl sites for hydroxylation is 1. The van der Waals surface area contributed by atoms with E-state index in [0.29, 0.717) is 56.7 Å². The summed E-state index contributed by atoms with van der Waals surface area (Å²) in [6.45, 7) is 9.82. The molecular weight excluding hydrogens is 486 g/mol. The Hall–Kier alpha value is -3.14. The summed E-state index contributed by atoms with van der Waals surface area (Å²) in [5, 5.41) is 7.71. The molecule has 2 aromatic rings. The van der Waals surface area contributed by atoms with Crippen LogP contribution in [-0.4, -0.2) is 83.9 Å². The minimum absolute atomic E-state index is 0.0500. The molecule has 1 unspecified atom stereocenters. The number of benzene rings is 1. The number of nitrogens with zero attached hydrogens (tertiary/aromatic N) is 4. The zero-order valence-corrected chi connectivity index (χ0v) is 23.1. The van der Waals surface area contributed by atoms with Crippen molar-refractivity contribution >= 4 is 12.0 Å². The predicted molar refractivity (Wildman–Crippen MR) is 143 cm³/mol. The molecule has 1 fully saturated rings. The highest BCUT2D eigenvalue weighted by Crippen LogP contribution is 2.29. The first-order chi connectivity index (χ1) is 18.2. The Balaban J connectivity index is 1.40. The minimum Gasteiger partial charge on any atom is -0.493 e. The van der Waals surface area contributed by atoms with E-state index in [1.165, 1.54) is 0 Å². The van der Waals surface area contributed by atoms with E-state index < -0.39 is 5.60 Å². The monoisotopic (exact) mass is 527 g/mol. The molecule has 2 aliphatic heterocycles. The Morgan fingerprint density at radius 1 is 1.13 bits per heavy atom. The minimum atomic E-state index is -0.502. The molecule has 208 valence electrons. The van der Waals surface area contributed by atoms with E-state index in [2.05, 4.69) is 15.5 Å². The van der Waals surface area contributed by atoms with Crippen molar-refractivity contribution in [2.24, 2.45) is 11.8 Å². The van der Waals surface area contributed by atoms with Crippen LogP contribution in [0.3, 0.4) is 0 Å². The molecular formula is C28H41N5O5. The molecule has 4 rings (SSSR count).